The average Bonchev–Trinajstić information content (AvgIpc) is 2.92. The molecular formula is C14H18F3N3OS. The third-order valence-corrected chi connectivity index (χ3v) is 3.85. The summed E-state index contributed by atoms with van der Waals surface area (Å²) in [5.74, 6) is 0.255. The number of nitrogens with one attached hydrogen (secondary N) is 2. The summed E-state index contributed by atoms with van der Waals surface area (Å²) in [5, 5.41) is 6.61. The van der Waals surface area contributed by atoms with E-state index in [4.69, 9.17) is 12.2 Å². The van der Waals surface area contributed by atoms with Crippen molar-refractivity contribution in [3.63, 3.8) is 0 Å². The second kappa shape index (κ2) is 7.04. The summed E-state index contributed by atoms with van der Waals surface area (Å²) in [7, 11) is 1.76. The summed E-state index contributed by atoms with van der Waals surface area (Å²) in [6.45, 7) is 2.50. The van der Waals surface area contributed by atoms with Crippen LogP contribution >= 0.6 is 12.2 Å². The van der Waals surface area contributed by atoms with Gasteiger partial charge >= 0.3 is 6.36 Å². The highest BCUT2D eigenvalue weighted by atomic mass is 32.1. The summed E-state index contributed by atoms with van der Waals surface area (Å²) >= 11 is 5.03. The number of anilines is 1. The maximum Gasteiger partial charge on any atom is 0.573 e. The van der Waals surface area contributed by atoms with Crippen molar-refractivity contribution in [2.75, 3.05) is 31.6 Å². The quantitative estimate of drug-likeness (QED) is 0.828. The lowest BCUT2D eigenvalue weighted by Crippen LogP contribution is -2.36. The van der Waals surface area contributed by atoms with Gasteiger partial charge in [-0.25, -0.2) is 0 Å². The Bertz CT molecular complexity index is 507. The smallest absolute Gasteiger partial charge is 0.406 e. The first-order chi connectivity index (χ1) is 10.4. The van der Waals surface area contributed by atoms with Crippen molar-refractivity contribution < 1.29 is 17.9 Å². The topological polar surface area (TPSA) is 36.5 Å². The number of benzene rings is 1. The predicted molar refractivity (Wildman–Crippen MR) is 83.1 cm³/mol. The Balaban J connectivity index is 1.87. The highest BCUT2D eigenvalue weighted by molar-refractivity contribution is 7.80. The van der Waals surface area contributed by atoms with Crippen LogP contribution in [-0.2, 0) is 0 Å². The molecule has 8 heteroatoms. The Labute approximate surface area is 132 Å². The maximum atomic E-state index is 12.1. The molecular weight excluding hydrogens is 315 g/mol. The Morgan fingerprint density at radius 3 is 2.64 bits per heavy atom. The van der Waals surface area contributed by atoms with E-state index in [0.717, 1.165) is 31.7 Å². The molecule has 1 fully saturated rings. The highest BCUT2D eigenvalue weighted by Crippen LogP contribution is 2.28. The van der Waals surface area contributed by atoms with E-state index in [1.54, 1.807) is 19.2 Å². The first-order valence-corrected chi connectivity index (χ1v) is 7.34. The SMILES string of the molecule is CNC(=S)NC[C@@H]1CCN(c2ccc(OC(F)(F)F)cc2)C1. The Kier molecular flexibility index (Phi) is 5.33. The number of nitrogens with zero attached hydrogens (tertiary/aromatic N) is 1. The third kappa shape index (κ3) is 4.94. The highest BCUT2D eigenvalue weighted by Gasteiger charge is 2.31. The molecule has 1 aliphatic rings. The molecule has 1 aromatic carbocycles. The van der Waals surface area contributed by atoms with Gasteiger partial charge < -0.3 is 20.3 Å². The van der Waals surface area contributed by atoms with Gasteiger partial charge in [-0.05, 0) is 48.8 Å². The van der Waals surface area contributed by atoms with Crippen LogP contribution in [0.15, 0.2) is 24.3 Å². The molecule has 1 saturated heterocycles. The standard InChI is InChI=1S/C14H18F3N3OS/c1-18-13(22)19-8-10-6-7-20(9-10)11-2-4-12(5-3-11)21-14(15,16)17/h2-5,10H,6-9H2,1H3,(H2,18,19,22)/t10-/m0/s1. The molecule has 1 heterocycles. The minimum absolute atomic E-state index is 0.201. The molecule has 0 aliphatic carbocycles. The van der Waals surface area contributed by atoms with Crippen molar-refractivity contribution in [1.29, 1.82) is 0 Å². The van der Waals surface area contributed by atoms with E-state index in [0.29, 0.717) is 11.0 Å². The predicted octanol–water partition coefficient (Wildman–Crippen LogP) is 2.51. The number of hydrogen-bond donors (Lipinski definition) is 2. The lowest BCUT2D eigenvalue weighted by molar-refractivity contribution is -0.274. The molecule has 22 heavy (non-hydrogen) atoms. The summed E-state index contributed by atoms with van der Waals surface area (Å²) in [4.78, 5) is 2.14. The van der Waals surface area contributed by atoms with Gasteiger partial charge in [0.1, 0.15) is 5.75 Å². The van der Waals surface area contributed by atoms with Crippen molar-refractivity contribution in [2.45, 2.75) is 12.8 Å². The fourth-order valence-corrected chi connectivity index (χ4v) is 2.50. The fourth-order valence-electron chi connectivity index (χ4n) is 2.42. The van der Waals surface area contributed by atoms with Crippen molar-refractivity contribution in [1.82, 2.24) is 10.6 Å². The van der Waals surface area contributed by atoms with Gasteiger partial charge in [-0.15, -0.1) is 13.2 Å². The zero-order valence-corrected chi connectivity index (χ0v) is 12.9. The summed E-state index contributed by atoms with van der Waals surface area (Å²) < 4.78 is 40.2. The summed E-state index contributed by atoms with van der Waals surface area (Å²) in [6.07, 6.45) is -3.64. The lowest BCUT2D eigenvalue weighted by Gasteiger charge is -2.19. The van der Waals surface area contributed by atoms with Gasteiger partial charge in [0.05, 0.1) is 0 Å². The monoisotopic (exact) mass is 333 g/mol. The second-order valence-electron chi connectivity index (χ2n) is 5.10. The molecule has 0 saturated carbocycles. The average molecular weight is 333 g/mol. The number of halogens is 3. The van der Waals surface area contributed by atoms with E-state index in [-0.39, 0.29) is 5.75 Å². The first-order valence-electron chi connectivity index (χ1n) is 6.94. The van der Waals surface area contributed by atoms with Crippen LogP contribution in [0, 0.1) is 5.92 Å². The number of hydrogen-bond acceptors (Lipinski definition) is 3. The van der Waals surface area contributed by atoms with Gasteiger partial charge in [0.25, 0.3) is 0 Å². The van der Waals surface area contributed by atoms with Crippen LogP contribution in [0.5, 0.6) is 5.75 Å². The van der Waals surface area contributed by atoms with Crippen molar-refractivity contribution in [3.8, 4) is 5.75 Å². The normalized spacial score (nSPS) is 18.2. The lowest BCUT2D eigenvalue weighted by atomic mass is 10.1. The van der Waals surface area contributed by atoms with E-state index in [2.05, 4.69) is 20.3 Å². The Morgan fingerprint density at radius 1 is 1.36 bits per heavy atom. The molecule has 0 spiro atoms. The molecule has 0 radical (unpaired) electrons. The number of rotatable bonds is 4. The zero-order chi connectivity index (χ0) is 16.2. The molecule has 0 bridgehead atoms. The second-order valence-corrected chi connectivity index (χ2v) is 5.51. The molecule has 122 valence electrons. The van der Waals surface area contributed by atoms with Crippen molar-refractivity contribution >= 4 is 23.0 Å². The van der Waals surface area contributed by atoms with Crippen LogP contribution in [0.1, 0.15) is 6.42 Å². The first kappa shape index (κ1) is 16.7. The van der Waals surface area contributed by atoms with Crippen LogP contribution in [0.2, 0.25) is 0 Å². The minimum atomic E-state index is -4.66. The van der Waals surface area contributed by atoms with Gasteiger partial charge in [0.15, 0.2) is 5.11 Å². The minimum Gasteiger partial charge on any atom is -0.406 e. The molecule has 4 nitrogen and oxygen atoms in total. The summed E-state index contributed by atoms with van der Waals surface area (Å²) in [5.41, 5.74) is 0.896. The van der Waals surface area contributed by atoms with Gasteiger partial charge in [-0.3, -0.25) is 0 Å². The molecule has 0 amide bonds. The van der Waals surface area contributed by atoms with Gasteiger partial charge in [-0.1, -0.05) is 0 Å². The van der Waals surface area contributed by atoms with E-state index in [1.807, 2.05) is 0 Å². The van der Waals surface area contributed by atoms with E-state index in [9.17, 15) is 13.2 Å². The largest absolute Gasteiger partial charge is 0.573 e. The molecule has 0 aromatic heterocycles. The van der Waals surface area contributed by atoms with Crippen molar-refractivity contribution in [3.05, 3.63) is 24.3 Å². The summed E-state index contributed by atoms with van der Waals surface area (Å²) in [6, 6.07) is 5.97. The molecule has 1 aliphatic heterocycles. The molecule has 2 rings (SSSR count). The third-order valence-electron chi connectivity index (χ3n) is 3.50. The Morgan fingerprint density at radius 2 is 2.05 bits per heavy atom. The molecule has 1 aromatic rings. The molecule has 1 atom stereocenters. The van der Waals surface area contributed by atoms with Crippen LogP contribution in [0.25, 0.3) is 0 Å². The van der Waals surface area contributed by atoms with Gasteiger partial charge in [-0.2, -0.15) is 0 Å². The van der Waals surface area contributed by atoms with Gasteiger partial charge in [0.2, 0.25) is 0 Å². The van der Waals surface area contributed by atoms with Crippen LogP contribution < -0.4 is 20.3 Å². The van der Waals surface area contributed by atoms with Crippen LogP contribution in [-0.4, -0.2) is 38.2 Å². The molecule has 2 N–H and O–H groups in total. The molecule has 0 unspecified atom stereocenters. The number of alkyl halides is 3. The van der Waals surface area contributed by atoms with E-state index in [1.165, 1.54) is 12.1 Å². The van der Waals surface area contributed by atoms with Crippen molar-refractivity contribution in [2.24, 2.45) is 5.92 Å². The fraction of sp³-hybridized carbons (Fsp3) is 0.500. The van der Waals surface area contributed by atoms with Crippen LogP contribution in [0.4, 0.5) is 18.9 Å². The van der Waals surface area contributed by atoms with Gasteiger partial charge in [0, 0.05) is 32.4 Å². The zero-order valence-electron chi connectivity index (χ0n) is 12.1. The number of thiocarbonyl (C=S) groups is 1. The van der Waals surface area contributed by atoms with Crippen LogP contribution in [0.3, 0.4) is 0 Å². The van der Waals surface area contributed by atoms with E-state index >= 15 is 0 Å². The Hall–Kier alpha value is -1.70. The number of ether oxygens (including phenoxy) is 1. The maximum absolute atomic E-state index is 12.1. The van der Waals surface area contributed by atoms with E-state index < -0.39 is 6.36 Å².